The van der Waals surface area contributed by atoms with E-state index in [2.05, 4.69) is 95.3 Å². The van der Waals surface area contributed by atoms with Crippen molar-refractivity contribution in [2.24, 2.45) is 23.7 Å². The van der Waals surface area contributed by atoms with Gasteiger partial charge >= 0.3 is 5.97 Å². The molecule has 0 bridgehead atoms. The van der Waals surface area contributed by atoms with Gasteiger partial charge in [0.2, 0.25) is 0 Å². The van der Waals surface area contributed by atoms with E-state index in [0.717, 1.165) is 24.0 Å². The minimum atomic E-state index is -0.366. The maximum atomic E-state index is 12.3. The number of methoxy groups -OCH3 is 1. The minimum Gasteiger partial charge on any atom is -0.469 e. The first-order chi connectivity index (χ1) is 23.7. The predicted octanol–water partition coefficient (Wildman–Crippen LogP) is 8.97. The average Bonchev–Trinajstić information content (AvgIpc) is 3.75. The maximum absolute atomic E-state index is 12.3. The molecule has 1 saturated carbocycles. The number of allylic oxidation sites excluding steroid dienone is 4. The Bertz CT molecular complexity index is 1450. The van der Waals surface area contributed by atoms with Crippen LogP contribution in [0.1, 0.15) is 71.4 Å². The number of ether oxygens (including phenoxy) is 5. The number of hydrogen-bond donors (Lipinski definition) is 0. The lowest BCUT2D eigenvalue weighted by molar-refractivity contribution is -0.198. The third kappa shape index (κ3) is 10.6. The van der Waals surface area contributed by atoms with E-state index < -0.39 is 0 Å². The molecule has 264 valence electrons. The first kappa shape index (κ1) is 37.0. The summed E-state index contributed by atoms with van der Waals surface area (Å²) < 4.78 is 31.1. The summed E-state index contributed by atoms with van der Waals surface area (Å²) in [6.07, 6.45) is 15.6. The molecule has 1 aliphatic carbocycles. The lowest BCUT2D eigenvalue weighted by Gasteiger charge is -2.40. The van der Waals surface area contributed by atoms with E-state index in [1.54, 1.807) is 0 Å². The Hall–Kier alpha value is -3.29. The molecular weight excluding hydrogens is 612 g/mol. The monoisotopic (exact) mass is 668 g/mol. The molecule has 2 aliphatic heterocycles. The fourth-order valence-electron chi connectivity index (χ4n) is 7.17. The zero-order chi connectivity index (χ0) is 34.8. The molecule has 0 amide bonds. The Morgan fingerprint density at radius 2 is 1.59 bits per heavy atom. The van der Waals surface area contributed by atoms with E-state index in [0.29, 0.717) is 43.3 Å². The highest BCUT2D eigenvalue weighted by molar-refractivity contribution is 5.69. The van der Waals surface area contributed by atoms with Crippen LogP contribution >= 0.6 is 0 Å². The van der Waals surface area contributed by atoms with Crippen LogP contribution in [0.15, 0.2) is 108 Å². The fraction of sp³-hybridized carbons (Fsp3) is 0.512. The Morgan fingerprint density at radius 3 is 2.24 bits per heavy atom. The Kier molecular flexibility index (Phi) is 13.7. The van der Waals surface area contributed by atoms with Gasteiger partial charge in [-0.15, -0.1) is 0 Å². The molecule has 3 aliphatic rings. The SMILES string of the molecule is CC[C@H]1O[C@@H](/C(C)=C/[C@@H](C)/C=C/[C@H]2[C@@H](C)[C@@H]2/C=C/[C@@H]2O[C@H](CC(=O)OC)C[C@H](OCc3ccccc3)[C@H]2OCc2ccccc2)CC=C1C. The molecule has 0 radical (unpaired) electrons. The smallest absolute Gasteiger partial charge is 0.308 e. The van der Waals surface area contributed by atoms with Gasteiger partial charge in [0.25, 0.3) is 0 Å². The molecule has 0 unspecified atom stereocenters. The number of esters is 1. The Balaban J connectivity index is 1.27. The van der Waals surface area contributed by atoms with Crippen molar-refractivity contribution in [1.29, 1.82) is 0 Å². The molecule has 6 nitrogen and oxygen atoms in total. The highest BCUT2D eigenvalue weighted by atomic mass is 16.6. The second kappa shape index (κ2) is 18.1. The molecule has 2 fully saturated rings. The van der Waals surface area contributed by atoms with Crippen LogP contribution in [0.25, 0.3) is 0 Å². The molecule has 2 heterocycles. The molecule has 0 N–H and O–H groups in total. The van der Waals surface area contributed by atoms with Crippen molar-refractivity contribution >= 4 is 5.97 Å². The highest BCUT2D eigenvalue weighted by Gasteiger charge is 2.44. The van der Waals surface area contributed by atoms with Crippen LogP contribution in [0.5, 0.6) is 0 Å². The topological polar surface area (TPSA) is 63.2 Å². The summed E-state index contributed by atoms with van der Waals surface area (Å²) in [6.45, 7) is 12.0. The van der Waals surface area contributed by atoms with Gasteiger partial charge in [0, 0.05) is 6.42 Å². The predicted molar refractivity (Wildman–Crippen MR) is 195 cm³/mol. The van der Waals surface area contributed by atoms with Crippen LogP contribution in [-0.4, -0.2) is 49.7 Å². The van der Waals surface area contributed by atoms with Gasteiger partial charge < -0.3 is 23.7 Å². The largest absolute Gasteiger partial charge is 0.469 e. The second-order valence-electron chi connectivity index (χ2n) is 14.1. The number of benzene rings is 2. The van der Waals surface area contributed by atoms with Gasteiger partial charge in [0.05, 0.1) is 51.2 Å². The number of hydrogen-bond acceptors (Lipinski definition) is 6. The van der Waals surface area contributed by atoms with E-state index in [4.69, 9.17) is 23.7 Å². The number of carbonyl (C=O) groups is 1. The van der Waals surface area contributed by atoms with E-state index in [1.807, 2.05) is 36.4 Å². The standard InChI is InChI=1S/C43H56O6/c1-7-38-30(3)19-22-39(49-38)31(4)24-29(2)18-20-36-32(5)37(36)21-23-40-43(47-28-34-16-12-9-13-17-34)41(25-35(48-40)26-42(44)45-6)46-27-33-14-10-8-11-15-33/h8-21,23-24,29,32,35-41,43H,7,22,25-28H2,1-6H3/b20-18+,23-21+,31-24+/t29-,32+,35-,36-,37-,38+,39+,40-,41-,43-/m0/s1. The van der Waals surface area contributed by atoms with Crippen LogP contribution in [0, 0.1) is 23.7 Å². The van der Waals surface area contributed by atoms with Crippen molar-refractivity contribution < 1.29 is 28.5 Å². The second-order valence-corrected chi connectivity index (χ2v) is 14.1. The van der Waals surface area contributed by atoms with Gasteiger partial charge in [-0.2, -0.15) is 0 Å². The molecule has 49 heavy (non-hydrogen) atoms. The molecule has 10 atom stereocenters. The zero-order valence-corrected chi connectivity index (χ0v) is 30.2. The highest BCUT2D eigenvalue weighted by Crippen LogP contribution is 2.48. The quantitative estimate of drug-likeness (QED) is 0.140. The summed E-state index contributed by atoms with van der Waals surface area (Å²) in [5.74, 6) is 1.46. The summed E-state index contributed by atoms with van der Waals surface area (Å²) >= 11 is 0. The molecule has 5 rings (SSSR count). The summed E-state index contributed by atoms with van der Waals surface area (Å²) in [5.41, 5.74) is 4.84. The van der Waals surface area contributed by atoms with Crippen molar-refractivity contribution in [3.63, 3.8) is 0 Å². The van der Waals surface area contributed by atoms with Crippen LogP contribution < -0.4 is 0 Å². The summed E-state index contributed by atoms with van der Waals surface area (Å²) in [5, 5.41) is 0. The fourth-order valence-corrected chi connectivity index (χ4v) is 7.17. The van der Waals surface area contributed by atoms with Crippen molar-refractivity contribution in [1.82, 2.24) is 0 Å². The first-order valence-electron chi connectivity index (χ1n) is 18.2. The van der Waals surface area contributed by atoms with E-state index in [9.17, 15) is 4.79 Å². The van der Waals surface area contributed by atoms with Crippen molar-refractivity contribution in [3.05, 3.63) is 119 Å². The summed E-state index contributed by atoms with van der Waals surface area (Å²) in [7, 11) is 1.42. The molecule has 0 aromatic heterocycles. The summed E-state index contributed by atoms with van der Waals surface area (Å²) in [6, 6.07) is 20.3. The van der Waals surface area contributed by atoms with Gasteiger partial charge in [-0.25, -0.2) is 0 Å². The zero-order valence-electron chi connectivity index (χ0n) is 30.2. The van der Waals surface area contributed by atoms with Gasteiger partial charge in [0.1, 0.15) is 12.2 Å². The van der Waals surface area contributed by atoms with Crippen LogP contribution in [0.3, 0.4) is 0 Å². The third-order valence-corrected chi connectivity index (χ3v) is 10.3. The lowest BCUT2D eigenvalue weighted by atomic mass is 9.94. The maximum Gasteiger partial charge on any atom is 0.308 e. The van der Waals surface area contributed by atoms with Crippen LogP contribution in [-0.2, 0) is 41.7 Å². The lowest BCUT2D eigenvalue weighted by Crippen LogP contribution is -2.50. The Morgan fingerprint density at radius 1 is 0.939 bits per heavy atom. The molecule has 2 aromatic rings. The first-order valence-corrected chi connectivity index (χ1v) is 18.2. The third-order valence-electron chi connectivity index (χ3n) is 10.3. The molecule has 1 saturated heterocycles. The minimum absolute atomic E-state index is 0.163. The van der Waals surface area contributed by atoms with Crippen molar-refractivity contribution in [2.45, 2.75) is 110 Å². The molecule has 0 spiro atoms. The van der Waals surface area contributed by atoms with E-state index in [1.165, 1.54) is 18.3 Å². The Labute approximate surface area is 294 Å². The van der Waals surface area contributed by atoms with Gasteiger partial charge in [-0.1, -0.05) is 118 Å². The average molecular weight is 669 g/mol. The number of rotatable bonds is 15. The van der Waals surface area contributed by atoms with Gasteiger partial charge in [-0.3, -0.25) is 4.79 Å². The van der Waals surface area contributed by atoms with E-state index in [-0.39, 0.29) is 49.0 Å². The van der Waals surface area contributed by atoms with Crippen LogP contribution in [0.4, 0.5) is 0 Å². The van der Waals surface area contributed by atoms with Gasteiger partial charge in [0.15, 0.2) is 0 Å². The molecular formula is C43H56O6. The molecule has 2 aromatic carbocycles. The van der Waals surface area contributed by atoms with Crippen LogP contribution in [0.2, 0.25) is 0 Å². The van der Waals surface area contributed by atoms with Crippen molar-refractivity contribution in [2.75, 3.05) is 7.11 Å². The van der Waals surface area contributed by atoms with Crippen molar-refractivity contribution in [3.8, 4) is 0 Å². The molecule has 6 heteroatoms. The van der Waals surface area contributed by atoms with Gasteiger partial charge in [-0.05, 0) is 72.6 Å². The van der Waals surface area contributed by atoms with E-state index >= 15 is 0 Å². The number of carbonyl (C=O) groups excluding carboxylic acids is 1. The summed E-state index contributed by atoms with van der Waals surface area (Å²) in [4.78, 5) is 12.3. The normalized spacial score (nSPS) is 31.1.